The summed E-state index contributed by atoms with van der Waals surface area (Å²) in [6.45, 7) is 5.78. The van der Waals surface area contributed by atoms with Crippen molar-refractivity contribution in [1.29, 1.82) is 0 Å². The van der Waals surface area contributed by atoms with Crippen molar-refractivity contribution >= 4 is 15.9 Å². The average molecular weight is 334 g/mol. The molecule has 0 aliphatic rings. The molecular weight excluding hydrogens is 314 g/mol. The molecule has 0 aliphatic carbocycles. The number of nitrogens with one attached hydrogen (secondary N) is 1. The van der Waals surface area contributed by atoms with E-state index in [2.05, 4.69) is 59.4 Å². The zero-order valence-corrected chi connectivity index (χ0v) is 13.5. The van der Waals surface area contributed by atoms with E-state index >= 15 is 0 Å². The molecule has 0 fully saturated rings. The first kappa shape index (κ1) is 15.1. The van der Waals surface area contributed by atoms with E-state index in [9.17, 15) is 0 Å². The number of halogens is 1. The van der Waals surface area contributed by atoms with Gasteiger partial charge in [-0.25, -0.2) is 0 Å². The van der Waals surface area contributed by atoms with E-state index in [1.165, 1.54) is 11.1 Å². The van der Waals surface area contributed by atoms with Crippen LogP contribution in [0.2, 0.25) is 0 Å². The molecule has 2 aromatic rings. The second-order valence-electron chi connectivity index (χ2n) is 5.07. The van der Waals surface area contributed by atoms with Crippen LogP contribution in [0.3, 0.4) is 0 Å². The molecule has 0 aliphatic heterocycles. The molecular formula is C17H20BrNO. The summed E-state index contributed by atoms with van der Waals surface area (Å²) >= 11 is 3.49. The lowest BCUT2D eigenvalue weighted by Crippen LogP contribution is -2.21. The molecule has 20 heavy (non-hydrogen) atoms. The molecule has 0 saturated heterocycles. The molecule has 0 saturated carbocycles. The van der Waals surface area contributed by atoms with Gasteiger partial charge in [-0.3, -0.25) is 0 Å². The van der Waals surface area contributed by atoms with Crippen LogP contribution < -0.4 is 10.1 Å². The Labute approximate surface area is 129 Å². The molecule has 0 radical (unpaired) electrons. The summed E-state index contributed by atoms with van der Waals surface area (Å²) in [6.07, 6.45) is 0. The Hall–Kier alpha value is -1.32. The van der Waals surface area contributed by atoms with Crippen LogP contribution in [-0.4, -0.2) is 6.04 Å². The summed E-state index contributed by atoms with van der Waals surface area (Å²) in [5.74, 6) is 0.873. The topological polar surface area (TPSA) is 21.3 Å². The molecule has 3 heteroatoms. The monoisotopic (exact) mass is 333 g/mol. The van der Waals surface area contributed by atoms with E-state index in [0.29, 0.717) is 12.6 Å². The summed E-state index contributed by atoms with van der Waals surface area (Å²) in [6, 6.07) is 16.9. The van der Waals surface area contributed by atoms with Crippen molar-refractivity contribution in [3.05, 3.63) is 64.1 Å². The fourth-order valence-corrected chi connectivity index (χ4v) is 2.27. The van der Waals surface area contributed by atoms with Gasteiger partial charge in [-0.15, -0.1) is 0 Å². The lowest BCUT2D eigenvalue weighted by Gasteiger charge is -2.11. The Balaban J connectivity index is 1.96. The van der Waals surface area contributed by atoms with Gasteiger partial charge in [0.15, 0.2) is 0 Å². The summed E-state index contributed by atoms with van der Waals surface area (Å²) in [5.41, 5.74) is 2.47. The molecule has 2 rings (SSSR count). The molecule has 2 aromatic carbocycles. The van der Waals surface area contributed by atoms with Gasteiger partial charge in [0.05, 0.1) is 4.47 Å². The maximum Gasteiger partial charge on any atom is 0.133 e. The predicted molar refractivity (Wildman–Crippen MR) is 86.9 cm³/mol. The van der Waals surface area contributed by atoms with E-state index < -0.39 is 0 Å². The van der Waals surface area contributed by atoms with Crippen molar-refractivity contribution in [3.8, 4) is 5.75 Å². The number of para-hydroxylation sites is 1. The van der Waals surface area contributed by atoms with Gasteiger partial charge in [0.2, 0.25) is 0 Å². The number of rotatable bonds is 6. The van der Waals surface area contributed by atoms with Crippen LogP contribution in [0.25, 0.3) is 0 Å². The quantitative estimate of drug-likeness (QED) is 0.838. The fourth-order valence-electron chi connectivity index (χ4n) is 1.87. The predicted octanol–water partition coefficient (Wildman–Crippen LogP) is 4.53. The van der Waals surface area contributed by atoms with E-state index in [4.69, 9.17) is 4.74 Å². The van der Waals surface area contributed by atoms with E-state index in [0.717, 1.165) is 16.8 Å². The summed E-state index contributed by atoms with van der Waals surface area (Å²) in [4.78, 5) is 0. The van der Waals surface area contributed by atoms with Crippen molar-refractivity contribution in [3.63, 3.8) is 0 Å². The van der Waals surface area contributed by atoms with Gasteiger partial charge in [-0.1, -0.05) is 50.2 Å². The lowest BCUT2D eigenvalue weighted by atomic mass is 10.1. The van der Waals surface area contributed by atoms with Crippen LogP contribution in [-0.2, 0) is 13.2 Å². The molecule has 0 bridgehead atoms. The van der Waals surface area contributed by atoms with Gasteiger partial charge in [-0.2, -0.15) is 0 Å². The number of hydrogen-bond donors (Lipinski definition) is 1. The molecule has 0 spiro atoms. The zero-order chi connectivity index (χ0) is 14.4. The third-order valence-corrected chi connectivity index (χ3v) is 3.59. The average Bonchev–Trinajstić information content (AvgIpc) is 2.45. The normalized spacial score (nSPS) is 10.8. The zero-order valence-electron chi connectivity index (χ0n) is 11.9. The number of hydrogen-bond acceptors (Lipinski definition) is 2. The Morgan fingerprint density at radius 2 is 1.80 bits per heavy atom. The lowest BCUT2D eigenvalue weighted by molar-refractivity contribution is 0.304. The van der Waals surface area contributed by atoms with Crippen molar-refractivity contribution in [2.24, 2.45) is 0 Å². The van der Waals surface area contributed by atoms with Gasteiger partial charge < -0.3 is 10.1 Å². The Bertz CT molecular complexity index is 554. The first-order chi connectivity index (χ1) is 9.65. The highest BCUT2D eigenvalue weighted by atomic mass is 79.9. The highest BCUT2D eigenvalue weighted by Gasteiger charge is 2.01. The molecule has 106 valence electrons. The van der Waals surface area contributed by atoms with Gasteiger partial charge >= 0.3 is 0 Å². The highest BCUT2D eigenvalue weighted by molar-refractivity contribution is 9.10. The molecule has 0 amide bonds. The first-order valence-corrected chi connectivity index (χ1v) is 7.63. The molecule has 2 nitrogen and oxygen atoms in total. The van der Waals surface area contributed by atoms with Crippen LogP contribution in [0.4, 0.5) is 0 Å². The molecule has 1 N–H and O–H groups in total. The summed E-state index contributed by atoms with van der Waals surface area (Å²) < 4.78 is 6.82. The van der Waals surface area contributed by atoms with Crippen molar-refractivity contribution < 1.29 is 4.74 Å². The summed E-state index contributed by atoms with van der Waals surface area (Å²) in [7, 11) is 0. The molecule has 0 unspecified atom stereocenters. The van der Waals surface area contributed by atoms with E-state index in [-0.39, 0.29) is 0 Å². The Morgan fingerprint density at radius 3 is 2.55 bits per heavy atom. The largest absolute Gasteiger partial charge is 0.488 e. The standard InChI is InChI=1S/C17H20BrNO/c1-13(2)19-11-14-6-5-7-15(10-14)12-20-17-9-4-3-8-16(17)18/h3-10,13,19H,11-12H2,1-2H3. The van der Waals surface area contributed by atoms with E-state index in [1.54, 1.807) is 0 Å². The van der Waals surface area contributed by atoms with Crippen LogP contribution in [0.15, 0.2) is 53.0 Å². The van der Waals surface area contributed by atoms with Gasteiger partial charge in [0.25, 0.3) is 0 Å². The third-order valence-electron chi connectivity index (χ3n) is 2.94. The SMILES string of the molecule is CC(C)NCc1cccc(COc2ccccc2Br)c1. The maximum absolute atomic E-state index is 5.84. The van der Waals surface area contributed by atoms with Gasteiger partial charge in [0, 0.05) is 12.6 Å². The van der Waals surface area contributed by atoms with Crippen molar-refractivity contribution in [1.82, 2.24) is 5.32 Å². The van der Waals surface area contributed by atoms with Crippen molar-refractivity contribution in [2.75, 3.05) is 0 Å². The van der Waals surface area contributed by atoms with Gasteiger partial charge in [0.1, 0.15) is 12.4 Å². The van der Waals surface area contributed by atoms with Crippen LogP contribution in [0.1, 0.15) is 25.0 Å². The molecule has 0 heterocycles. The number of benzene rings is 2. The minimum absolute atomic E-state index is 0.496. The summed E-state index contributed by atoms with van der Waals surface area (Å²) in [5, 5.41) is 3.42. The van der Waals surface area contributed by atoms with E-state index in [1.807, 2.05) is 24.3 Å². The second-order valence-corrected chi connectivity index (χ2v) is 5.93. The Kier molecular flexibility index (Phi) is 5.62. The first-order valence-electron chi connectivity index (χ1n) is 6.83. The van der Waals surface area contributed by atoms with Crippen LogP contribution >= 0.6 is 15.9 Å². The molecule has 0 aromatic heterocycles. The van der Waals surface area contributed by atoms with Crippen LogP contribution in [0, 0.1) is 0 Å². The Morgan fingerprint density at radius 1 is 1.05 bits per heavy atom. The fraction of sp³-hybridized carbons (Fsp3) is 0.294. The van der Waals surface area contributed by atoms with Gasteiger partial charge in [-0.05, 0) is 39.2 Å². The molecule has 0 atom stereocenters. The smallest absolute Gasteiger partial charge is 0.133 e. The second kappa shape index (κ2) is 7.46. The highest BCUT2D eigenvalue weighted by Crippen LogP contribution is 2.24. The minimum Gasteiger partial charge on any atom is -0.488 e. The third kappa shape index (κ3) is 4.66. The maximum atomic E-state index is 5.84. The van der Waals surface area contributed by atoms with Crippen molar-refractivity contribution in [2.45, 2.75) is 33.0 Å². The number of ether oxygens (including phenoxy) is 1. The van der Waals surface area contributed by atoms with Crippen LogP contribution in [0.5, 0.6) is 5.75 Å². The minimum atomic E-state index is 0.496.